The molecule has 1 aliphatic rings. The van der Waals surface area contributed by atoms with E-state index in [0.717, 1.165) is 6.61 Å². The smallest absolute Gasteiger partial charge is 0.304 e. The topological polar surface area (TPSA) is 18.5 Å². The molecule has 0 atom stereocenters. The van der Waals surface area contributed by atoms with E-state index in [0.29, 0.717) is 6.10 Å². The highest BCUT2D eigenvalue weighted by Gasteiger charge is 2.14. The maximum Gasteiger partial charge on any atom is 0.304 e. The van der Waals surface area contributed by atoms with Crippen LogP contribution < -0.4 is 0 Å². The fourth-order valence-electron chi connectivity index (χ4n) is 1.28. The van der Waals surface area contributed by atoms with Crippen LogP contribution in [0, 0.1) is 0 Å². The molecule has 1 rings (SSSR count). The van der Waals surface area contributed by atoms with Gasteiger partial charge in [0, 0.05) is 12.7 Å². The molecule has 0 aromatic rings. The van der Waals surface area contributed by atoms with E-state index in [1.165, 1.54) is 25.7 Å². The van der Waals surface area contributed by atoms with Crippen molar-refractivity contribution in [3.63, 3.8) is 0 Å². The number of rotatable bonds is 4. The minimum atomic E-state index is -0.618. The van der Waals surface area contributed by atoms with Gasteiger partial charge in [0.25, 0.3) is 0 Å². The van der Waals surface area contributed by atoms with E-state index in [9.17, 15) is 0 Å². The molecule has 0 bridgehead atoms. The third-order valence-corrected chi connectivity index (χ3v) is 3.08. The Balaban J connectivity index is 1.91. The highest BCUT2D eigenvalue weighted by Crippen LogP contribution is 2.20. The van der Waals surface area contributed by atoms with Gasteiger partial charge in [-0.15, -0.1) is 0 Å². The molecule has 0 radical (unpaired) electrons. The van der Waals surface area contributed by atoms with Gasteiger partial charge in [-0.05, 0) is 19.8 Å². The zero-order chi connectivity index (χ0) is 7.23. The summed E-state index contributed by atoms with van der Waals surface area (Å²) >= 11 is 0. The van der Waals surface area contributed by atoms with Gasteiger partial charge in [0.2, 0.25) is 0 Å². The molecule has 2 nitrogen and oxygen atoms in total. The predicted molar refractivity (Wildman–Crippen MR) is 43.5 cm³/mol. The summed E-state index contributed by atoms with van der Waals surface area (Å²) in [5.74, 6) is 0. The van der Waals surface area contributed by atoms with Crippen LogP contribution in [0.1, 0.15) is 32.6 Å². The van der Waals surface area contributed by atoms with Crippen molar-refractivity contribution in [1.29, 1.82) is 0 Å². The lowest BCUT2D eigenvalue weighted by Gasteiger charge is -2.09. The van der Waals surface area contributed by atoms with Crippen molar-refractivity contribution in [2.45, 2.75) is 38.7 Å². The Labute approximate surface area is 65.0 Å². The molecular weight excluding hydrogens is 144 g/mol. The standard InChI is InChI=1S/C7H16O2Si/c1-2-8-10-9-7-5-3-4-6-7/h7H,2-6,10H2,1H3. The highest BCUT2D eigenvalue weighted by atomic mass is 28.3. The molecule has 0 heterocycles. The second-order valence-corrected chi connectivity index (χ2v) is 3.66. The second kappa shape index (κ2) is 4.88. The molecule has 0 unspecified atom stereocenters. The molecule has 0 aromatic carbocycles. The van der Waals surface area contributed by atoms with E-state index < -0.39 is 10.0 Å². The maximum absolute atomic E-state index is 5.56. The first-order chi connectivity index (χ1) is 4.93. The zero-order valence-electron chi connectivity index (χ0n) is 6.64. The predicted octanol–water partition coefficient (Wildman–Crippen LogP) is 0.981. The van der Waals surface area contributed by atoms with Gasteiger partial charge in [-0.3, -0.25) is 0 Å². The van der Waals surface area contributed by atoms with Crippen LogP contribution in [0.5, 0.6) is 0 Å². The lowest BCUT2D eigenvalue weighted by Crippen LogP contribution is -2.13. The van der Waals surface area contributed by atoms with Crippen molar-refractivity contribution < 1.29 is 8.85 Å². The van der Waals surface area contributed by atoms with Gasteiger partial charge < -0.3 is 8.85 Å². The summed E-state index contributed by atoms with van der Waals surface area (Å²) in [7, 11) is -0.618. The lowest BCUT2D eigenvalue weighted by atomic mass is 10.3. The summed E-state index contributed by atoms with van der Waals surface area (Å²) in [6.45, 7) is 2.84. The first kappa shape index (κ1) is 8.24. The van der Waals surface area contributed by atoms with Crippen LogP contribution in [0.4, 0.5) is 0 Å². The van der Waals surface area contributed by atoms with Gasteiger partial charge in [-0.2, -0.15) is 0 Å². The third-order valence-electron chi connectivity index (χ3n) is 1.89. The monoisotopic (exact) mass is 160 g/mol. The van der Waals surface area contributed by atoms with Gasteiger partial charge in [-0.1, -0.05) is 12.8 Å². The third kappa shape index (κ3) is 2.81. The van der Waals surface area contributed by atoms with Crippen molar-refractivity contribution in [2.24, 2.45) is 0 Å². The average Bonchev–Trinajstić information content (AvgIpc) is 2.41. The van der Waals surface area contributed by atoms with Crippen LogP contribution >= 0.6 is 0 Å². The Hall–Kier alpha value is 0.137. The Morgan fingerprint density at radius 1 is 1.40 bits per heavy atom. The summed E-state index contributed by atoms with van der Waals surface area (Å²) in [5, 5.41) is 0. The first-order valence-electron chi connectivity index (χ1n) is 4.13. The van der Waals surface area contributed by atoms with E-state index in [1.807, 2.05) is 6.92 Å². The van der Waals surface area contributed by atoms with Crippen LogP contribution in [0.15, 0.2) is 0 Å². The Kier molecular flexibility index (Phi) is 4.02. The molecule has 60 valence electrons. The van der Waals surface area contributed by atoms with Crippen LogP contribution in [0.25, 0.3) is 0 Å². The molecule has 1 saturated carbocycles. The Morgan fingerprint density at radius 3 is 2.70 bits per heavy atom. The molecule has 1 aliphatic carbocycles. The summed E-state index contributed by atoms with van der Waals surface area (Å²) in [6.07, 6.45) is 5.79. The molecule has 0 amide bonds. The van der Waals surface area contributed by atoms with Gasteiger partial charge in [0.1, 0.15) is 0 Å². The molecular formula is C7H16O2Si. The first-order valence-corrected chi connectivity index (χ1v) is 5.28. The Bertz CT molecular complexity index is 81.7. The van der Waals surface area contributed by atoms with Gasteiger partial charge in [0.15, 0.2) is 0 Å². The van der Waals surface area contributed by atoms with E-state index in [1.54, 1.807) is 0 Å². The Morgan fingerprint density at radius 2 is 2.10 bits per heavy atom. The minimum absolute atomic E-state index is 0.554. The lowest BCUT2D eigenvalue weighted by molar-refractivity contribution is 0.164. The summed E-state index contributed by atoms with van der Waals surface area (Å²) < 4.78 is 10.8. The molecule has 0 aliphatic heterocycles. The summed E-state index contributed by atoms with van der Waals surface area (Å²) in [5.41, 5.74) is 0. The summed E-state index contributed by atoms with van der Waals surface area (Å²) in [6, 6.07) is 0. The van der Waals surface area contributed by atoms with Crippen molar-refractivity contribution in [3.05, 3.63) is 0 Å². The molecule has 1 fully saturated rings. The van der Waals surface area contributed by atoms with Crippen molar-refractivity contribution >= 4 is 10.0 Å². The van der Waals surface area contributed by atoms with Gasteiger partial charge >= 0.3 is 10.0 Å². The number of hydrogen-bond acceptors (Lipinski definition) is 2. The second-order valence-electron chi connectivity index (χ2n) is 2.68. The summed E-state index contributed by atoms with van der Waals surface area (Å²) in [4.78, 5) is 0. The largest absolute Gasteiger partial charge is 0.399 e. The molecule has 0 N–H and O–H groups in total. The quantitative estimate of drug-likeness (QED) is 0.451. The molecule has 0 spiro atoms. The number of hydrogen-bond donors (Lipinski definition) is 0. The SMILES string of the molecule is CCO[SiH2]OC1CCCC1. The zero-order valence-corrected chi connectivity index (χ0v) is 8.05. The van der Waals surface area contributed by atoms with Crippen LogP contribution in [0.2, 0.25) is 0 Å². The van der Waals surface area contributed by atoms with Gasteiger partial charge in [0.05, 0.1) is 0 Å². The van der Waals surface area contributed by atoms with E-state index >= 15 is 0 Å². The fraction of sp³-hybridized carbons (Fsp3) is 1.00. The van der Waals surface area contributed by atoms with Crippen LogP contribution in [-0.2, 0) is 8.85 Å². The van der Waals surface area contributed by atoms with Crippen LogP contribution in [-0.4, -0.2) is 22.7 Å². The fourth-order valence-corrected chi connectivity index (χ4v) is 2.07. The normalized spacial score (nSPS) is 21.3. The molecule has 10 heavy (non-hydrogen) atoms. The van der Waals surface area contributed by atoms with E-state index in [2.05, 4.69) is 0 Å². The van der Waals surface area contributed by atoms with Crippen molar-refractivity contribution in [3.8, 4) is 0 Å². The van der Waals surface area contributed by atoms with E-state index in [-0.39, 0.29) is 0 Å². The van der Waals surface area contributed by atoms with E-state index in [4.69, 9.17) is 8.85 Å². The highest BCUT2D eigenvalue weighted by molar-refractivity contribution is 6.18. The van der Waals surface area contributed by atoms with Gasteiger partial charge in [-0.25, -0.2) is 0 Å². The average molecular weight is 160 g/mol. The molecule has 0 aromatic heterocycles. The van der Waals surface area contributed by atoms with Crippen LogP contribution in [0.3, 0.4) is 0 Å². The molecule has 3 heteroatoms. The van der Waals surface area contributed by atoms with Crippen molar-refractivity contribution in [1.82, 2.24) is 0 Å². The minimum Gasteiger partial charge on any atom is -0.399 e. The molecule has 0 saturated heterocycles. The maximum atomic E-state index is 5.56. The van der Waals surface area contributed by atoms with Crippen molar-refractivity contribution in [2.75, 3.05) is 6.61 Å².